The molecule has 2 aliphatic heterocycles. The van der Waals surface area contributed by atoms with Gasteiger partial charge in [0.15, 0.2) is 0 Å². The smallest absolute Gasteiger partial charge is 0.379 e. The van der Waals surface area contributed by atoms with Crippen LogP contribution in [0.4, 0.5) is 13.2 Å². The molecule has 0 N–H and O–H groups in total. The average Bonchev–Trinajstić information content (AvgIpc) is 2.67. The molecule has 3 rings (SSSR count). The Morgan fingerprint density at radius 2 is 1.86 bits per heavy atom. The fraction of sp³-hybridized carbons (Fsp3) is 0.550. The van der Waals surface area contributed by atoms with E-state index in [0.29, 0.717) is 19.0 Å². The molecule has 2 heterocycles. The van der Waals surface area contributed by atoms with E-state index in [1.165, 1.54) is 18.2 Å². The van der Waals surface area contributed by atoms with Crippen molar-refractivity contribution in [3.63, 3.8) is 0 Å². The topological polar surface area (TPSA) is 32.8 Å². The van der Waals surface area contributed by atoms with Gasteiger partial charge in [-0.25, -0.2) is 0 Å². The van der Waals surface area contributed by atoms with Crippen LogP contribution in [0.1, 0.15) is 24.0 Å². The van der Waals surface area contributed by atoms with E-state index in [1.54, 1.807) is 4.90 Å². The molecular formula is C20H24ClF3N2O2. The maximum atomic E-state index is 12.8. The molecule has 2 fully saturated rings. The zero-order valence-electron chi connectivity index (χ0n) is 15.6. The molecule has 0 bridgehead atoms. The molecule has 0 aliphatic carbocycles. The minimum atomic E-state index is -4.44. The summed E-state index contributed by atoms with van der Waals surface area (Å²) in [5.41, 5.74) is -0.597. The molecule has 8 heteroatoms. The fourth-order valence-corrected chi connectivity index (χ4v) is 3.78. The minimum absolute atomic E-state index is 0.182. The third-order valence-corrected chi connectivity index (χ3v) is 5.62. The van der Waals surface area contributed by atoms with Crippen molar-refractivity contribution in [1.82, 2.24) is 9.80 Å². The summed E-state index contributed by atoms with van der Waals surface area (Å²) in [6, 6.07) is 3.09. The lowest BCUT2D eigenvalue weighted by Gasteiger charge is -2.35. The highest BCUT2D eigenvalue weighted by Crippen LogP contribution is 2.32. The number of amides is 1. The molecule has 0 atom stereocenters. The Labute approximate surface area is 167 Å². The summed E-state index contributed by atoms with van der Waals surface area (Å²) in [5, 5.41) is 0.182. The molecule has 0 spiro atoms. The predicted molar refractivity (Wildman–Crippen MR) is 102 cm³/mol. The van der Waals surface area contributed by atoms with Gasteiger partial charge in [-0.2, -0.15) is 13.2 Å². The van der Waals surface area contributed by atoms with Crippen molar-refractivity contribution in [2.75, 3.05) is 45.9 Å². The van der Waals surface area contributed by atoms with Gasteiger partial charge >= 0.3 is 6.18 Å². The Kier molecular flexibility index (Phi) is 7.01. The van der Waals surface area contributed by atoms with Gasteiger partial charge in [-0.05, 0) is 48.6 Å². The normalized spacial score (nSPS) is 20.1. The molecule has 2 aliphatic rings. The van der Waals surface area contributed by atoms with Gasteiger partial charge in [0.1, 0.15) is 0 Å². The number of nitrogens with zero attached hydrogens (tertiary/aromatic N) is 2. The lowest BCUT2D eigenvalue weighted by Crippen LogP contribution is -2.43. The summed E-state index contributed by atoms with van der Waals surface area (Å²) in [6.45, 7) is 5.82. The molecule has 0 radical (unpaired) electrons. The van der Waals surface area contributed by atoms with E-state index in [2.05, 4.69) is 4.90 Å². The Morgan fingerprint density at radius 1 is 1.18 bits per heavy atom. The summed E-state index contributed by atoms with van der Waals surface area (Å²) in [6.07, 6.45) is 0.0887. The van der Waals surface area contributed by atoms with Gasteiger partial charge in [0, 0.05) is 43.8 Å². The second kappa shape index (κ2) is 9.29. The Morgan fingerprint density at radius 3 is 2.50 bits per heavy atom. The minimum Gasteiger partial charge on any atom is -0.379 e. The lowest BCUT2D eigenvalue weighted by atomic mass is 9.96. The number of hydrogen-bond acceptors (Lipinski definition) is 3. The van der Waals surface area contributed by atoms with Crippen molar-refractivity contribution in [1.29, 1.82) is 0 Å². The van der Waals surface area contributed by atoms with Crippen molar-refractivity contribution in [3.05, 3.63) is 40.4 Å². The highest BCUT2D eigenvalue weighted by Gasteiger charge is 2.30. The second-order valence-corrected chi connectivity index (χ2v) is 7.66. The van der Waals surface area contributed by atoms with Gasteiger partial charge in [0.2, 0.25) is 5.91 Å². The number of alkyl halides is 3. The van der Waals surface area contributed by atoms with E-state index in [0.717, 1.165) is 57.8 Å². The Balaban J connectivity index is 1.53. The van der Waals surface area contributed by atoms with Crippen LogP contribution in [0.5, 0.6) is 0 Å². The highest BCUT2D eigenvalue weighted by molar-refractivity contribution is 6.32. The summed E-state index contributed by atoms with van der Waals surface area (Å²) in [7, 11) is 0. The molecular weight excluding hydrogens is 393 g/mol. The van der Waals surface area contributed by atoms with Crippen molar-refractivity contribution in [2.45, 2.75) is 19.0 Å². The van der Waals surface area contributed by atoms with Crippen molar-refractivity contribution in [3.8, 4) is 0 Å². The van der Waals surface area contributed by atoms with Crippen LogP contribution in [-0.2, 0) is 15.7 Å². The van der Waals surface area contributed by atoms with Gasteiger partial charge in [-0.3, -0.25) is 9.69 Å². The molecule has 0 unspecified atom stereocenters. The fourth-order valence-electron chi connectivity index (χ4n) is 3.60. The largest absolute Gasteiger partial charge is 0.416 e. The lowest BCUT2D eigenvalue weighted by molar-refractivity contribution is -0.137. The first-order valence-corrected chi connectivity index (χ1v) is 9.84. The number of morpholine rings is 1. The van der Waals surface area contributed by atoms with E-state index in [-0.39, 0.29) is 16.5 Å². The summed E-state index contributed by atoms with van der Waals surface area (Å²) in [4.78, 5) is 16.6. The molecule has 154 valence electrons. The Hall–Kier alpha value is -1.57. The zero-order valence-corrected chi connectivity index (χ0v) is 16.3. The zero-order chi connectivity index (χ0) is 20.1. The van der Waals surface area contributed by atoms with E-state index in [9.17, 15) is 18.0 Å². The van der Waals surface area contributed by atoms with Crippen LogP contribution in [0.15, 0.2) is 24.3 Å². The SMILES string of the molecule is O=C(/C=C/c1cc(C(F)(F)F)ccc1Cl)N1CCC(CN2CCOCC2)CC1. The van der Waals surface area contributed by atoms with Crippen LogP contribution in [0.25, 0.3) is 6.08 Å². The maximum absolute atomic E-state index is 12.8. The molecule has 1 amide bonds. The van der Waals surface area contributed by atoms with Gasteiger partial charge in [-0.15, -0.1) is 0 Å². The summed E-state index contributed by atoms with van der Waals surface area (Å²) >= 11 is 5.97. The molecule has 4 nitrogen and oxygen atoms in total. The van der Waals surface area contributed by atoms with Crippen molar-refractivity contribution >= 4 is 23.6 Å². The van der Waals surface area contributed by atoms with Crippen LogP contribution < -0.4 is 0 Å². The van der Waals surface area contributed by atoms with Crippen LogP contribution in [0, 0.1) is 5.92 Å². The number of likely N-dealkylation sites (tertiary alicyclic amines) is 1. The maximum Gasteiger partial charge on any atom is 0.416 e. The van der Waals surface area contributed by atoms with Gasteiger partial charge in [0.05, 0.1) is 18.8 Å². The molecule has 0 saturated carbocycles. The number of carbonyl (C=O) groups is 1. The monoisotopic (exact) mass is 416 g/mol. The van der Waals surface area contributed by atoms with E-state index in [1.807, 2.05) is 0 Å². The van der Waals surface area contributed by atoms with Gasteiger partial charge in [0.25, 0.3) is 0 Å². The van der Waals surface area contributed by atoms with Crippen LogP contribution in [-0.4, -0.2) is 61.6 Å². The van der Waals surface area contributed by atoms with E-state index < -0.39 is 11.7 Å². The number of ether oxygens (including phenoxy) is 1. The standard InChI is InChI=1S/C20H24ClF3N2O2/c21-18-3-2-17(20(22,23)24)13-16(18)1-4-19(27)26-7-5-15(6-8-26)14-25-9-11-28-12-10-25/h1-4,13,15H,5-12,14H2/b4-1+. The first-order valence-electron chi connectivity index (χ1n) is 9.47. The first-order chi connectivity index (χ1) is 13.3. The van der Waals surface area contributed by atoms with Crippen LogP contribution in [0.2, 0.25) is 5.02 Å². The summed E-state index contributed by atoms with van der Waals surface area (Å²) < 4.78 is 43.9. The predicted octanol–water partition coefficient (Wildman–Crippen LogP) is 3.94. The molecule has 28 heavy (non-hydrogen) atoms. The van der Waals surface area contributed by atoms with Gasteiger partial charge < -0.3 is 9.64 Å². The summed E-state index contributed by atoms with van der Waals surface area (Å²) in [5.74, 6) is 0.363. The highest BCUT2D eigenvalue weighted by atomic mass is 35.5. The molecule has 1 aromatic rings. The van der Waals surface area contributed by atoms with Crippen molar-refractivity contribution in [2.24, 2.45) is 5.92 Å². The van der Waals surface area contributed by atoms with E-state index in [4.69, 9.17) is 16.3 Å². The number of hydrogen-bond donors (Lipinski definition) is 0. The molecule has 2 saturated heterocycles. The van der Waals surface area contributed by atoms with Crippen LogP contribution >= 0.6 is 11.6 Å². The number of halogens is 4. The quantitative estimate of drug-likeness (QED) is 0.697. The third kappa shape index (κ3) is 5.72. The number of rotatable bonds is 4. The molecule has 0 aromatic heterocycles. The number of carbonyl (C=O) groups excluding carboxylic acids is 1. The second-order valence-electron chi connectivity index (χ2n) is 7.25. The van der Waals surface area contributed by atoms with Crippen molar-refractivity contribution < 1.29 is 22.7 Å². The van der Waals surface area contributed by atoms with Crippen LogP contribution in [0.3, 0.4) is 0 Å². The number of piperidine rings is 1. The van der Waals surface area contributed by atoms with E-state index >= 15 is 0 Å². The molecule has 1 aromatic carbocycles. The average molecular weight is 417 g/mol. The third-order valence-electron chi connectivity index (χ3n) is 5.28. The Bertz CT molecular complexity index is 710. The van der Waals surface area contributed by atoms with Gasteiger partial charge in [-0.1, -0.05) is 11.6 Å². The number of benzene rings is 1. The first kappa shape index (κ1) is 21.1.